The van der Waals surface area contributed by atoms with Crippen LogP contribution in [0.3, 0.4) is 0 Å². The third-order valence-electron chi connectivity index (χ3n) is 4.62. The van der Waals surface area contributed by atoms with Gasteiger partial charge in [0, 0.05) is 16.4 Å². The maximum Gasteiger partial charge on any atom is 0.259 e. The normalized spacial score (nSPS) is 16.1. The fourth-order valence-corrected chi connectivity index (χ4v) is 3.33. The Bertz CT molecular complexity index is 820. The van der Waals surface area contributed by atoms with Crippen LogP contribution in [-0.4, -0.2) is 15.1 Å². The van der Waals surface area contributed by atoms with E-state index in [4.69, 9.17) is 4.52 Å². The summed E-state index contributed by atoms with van der Waals surface area (Å²) in [5.74, 6) is 1.32. The quantitative estimate of drug-likeness (QED) is 0.672. The second-order valence-electron chi connectivity index (χ2n) is 6.05. The summed E-state index contributed by atoms with van der Waals surface area (Å²) in [6.07, 6.45) is 5.07. The summed E-state index contributed by atoms with van der Waals surface area (Å²) in [5.41, 5.74) is 2.97. The number of halogens is 1. The number of hydrogen-bond donors (Lipinski definition) is 0. The van der Waals surface area contributed by atoms with Gasteiger partial charge in [0.2, 0.25) is 0 Å². The van der Waals surface area contributed by atoms with Gasteiger partial charge in [-0.2, -0.15) is 4.98 Å². The van der Waals surface area contributed by atoms with Crippen LogP contribution in [0.15, 0.2) is 51.6 Å². The summed E-state index contributed by atoms with van der Waals surface area (Å²) < 4.78 is 6.59. The topological polar surface area (TPSA) is 51.8 Å². The number of benzene rings is 1. The van der Waals surface area contributed by atoms with Crippen LogP contribution in [0, 0.1) is 6.92 Å². The molecule has 5 heteroatoms. The zero-order valence-electron chi connectivity index (χ0n) is 12.8. The van der Waals surface area contributed by atoms with Crippen molar-refractivity contribution in [2.45, 2.75) is 31.6 Å². The molecule has 1 aromatic carbocycles. The Morgan fingerprint density at radius 2 is 1.87 bits per heavy atom. The summed E-state index contributed by atoms with van der Waals surface area (Å²) in [7, 11) is 0. The Labute approximate surface area is 143 Å². The lowest BCUT2D eigenvalue weighted by atomic mass is 9.64. The molecule has 4 nitrogen and oxygen atoms in total. The van der Waals surface area contributed by atoms with E-state index in [0.29, 0.717) is 5.89 Å². The summed E-state index contributed by atoms with van der Waals surface area (Å²) >= 11 is 3.49. The maximum absolute atomic E-state index is 5.51. The minimum absolute atomic E-state index is 0.111. The van der Waals surface area contributed by atoms with Gasteiger partial charge in [-0.05, 0) is 49.6 Å². The largest absolute Gasteiger partial charge is 0.334 e. The smallest absolute Gasteiger partial charge is 0.259 e. The van der Waals surface area contributed by atoms with Gasteiger partial charge in [-0.25, -0.2) is 0 Å². The van der Waals surface area contributed by atoms with Crippen LogP contribution in [0.2, 0.25) is 0 Å². The number of hydrogen-bond acceptors (Lipinski definition) is 4. The Morgan fingerprint density at radius 3 is 2.48 bits per heavy atom. The third kappa shape index (κ3) is 2.49. The summed E-state index contributed by atoms with van der Waals surface area (Å²) in [5, 5.41) is 4.28. The molecule has 1 aliphatic rings. The lowest BCUT2D eigenvalue weighted by Gasteiger charge is -2.39. The first kappa shape index (κ1) is 14.6. The van der Waals surface area contributed by atoms with Crippen LogP contribution in [0.1, 0.15) is 36.3 Å². The van der Waals surface area contributed by atoms with Crippen molar-refractivity contribution >= 4 is 15.9 Å². The van der Waals surface area contributed by atoms with Crippen molar-refractivity contribution in [2.75, 3.05) is 0 Å². The Kier molecular flexibility index (Phi) is 3.53. The van der Waals surface area contributed by atoms with E-state index in [-0.39, 0.29) is 5.41 Å². The molecule has 23 heavy (non-hydrogen) atoms. The fourth-order valence-electron chi connectivity index (χ4n) is 3.07. The number of nitrogens with zero attached hydrogens (tertiary/aromatic N) is 3. The molecule has 1 fully saturated rings. The second kappa shape index (κ2) is 5.57. The first-order chi connectivity index (χ1) is 11.2. The van der Waals surface area contributed by atoms with Gasteiger partial charge in [0.25, 0.3) is 5.89 Å². The summed E-state index contributed by atoms with van der Waals surface area (Å²) in [6, 6.07) is 12.3. The number of pyridine rings is 1. The molecule has 116 valence electrons. The molecule has 0 atom stereocenters. The molecule has 0 amide bonds. The highest BCUT2D eigenvalue weighted by atomic mass is 79.9. The minimum Gasteiger partial charge on any atom is -0.334 e. The van der Waals surface area contributed by atoms with E-state index < -0.39 is 0 Å². The molecule has 2 heterocycles. The second-order valence-corrected chi connectivity index (χ2v) is 6.97. The van der Waals surface area contributed by atoms with Gasteiger partial charge in [-0.3, -0.25) is 4.98 Å². The zero-order valence-corrected chi connectivity index (χ0v) is 14.4. The van der Waals surface area contributed by atoms with E-state index >= 15 is 0 Å². The van der Waals surface area contributed by atoms with E-state index in [2.05, 4.69) is 55.3 Å². The Morgan fingerprint density at radius 1 is 1.09 bits per heavy atom. The highest BCUT2D eigenvalue weighted by Gasteiger charge is 2.44. The zero-order chi connectivity index (χ0) is 15.9. The maximum atomic E-state index is 5.51. The lowest BCUT2D eigenvalue weighted by Crippen LogP contribution is -2.36. The van der Waals surface area contributed by atoms with Crippen LogP contribution in [-0.2, 0) is 5.41 Å². The van der Waals surface area contributed by atoms with E-state index in [1.54, 1.807) is 6.20 Å². The van der Waals surface area contributed by atoms with Crippen molar-refractivity contribution in [3.05, 3.63) is 64.1 Å². The lowest BCUT2D eigenvalue weighted by molar-refractivity contribution is 0.273. The van der Waals surface area contributed by atoms with Crippen LogP contribution >= 0.6 is 15.9 Å². The van der Waals surface area contributed by atoms with Gasteiger partial charge in [0.05, 0.1) is 11.0 Å². The van der Waals surface area contributed by atoms with Crippen molar-refractivity contribution < 1.29 is 4.52 Å². The molecule has 0 N–H and O–H groups in total. The van der Waals surface area contributed by atoms with Gasteiger partial charge in [0.15, 0.2) is 5.82 Å². The third-order valence-corrected chi connectivity index (χ3v) is 5.14. The highest BCUT2D eigenvalue weighted by molar-refractivity contribution is 9.10. The van der Waals surface area contributed by atoms with Crippen molar-refractivity contribution in [3.8, 4) is 11.5 Å². The number of aromatic nitrogens is 3. The molecule has 1 aliphatic carbocycles. The van der Waals surface area contributed by atoms with E-state index in [1.165, 1.54) is 12.0 Å². The van der Waals surface area contributed by atoms with E-state index in [9.17, 15) is 0 Å². The Hall–Kier alpha value is -2.01. The molecule has 0 unspecified atom stereocenters. The van der Waals surface area contributed by atoms with E-state index in [0.717, 1.165) is 34.4 Å². The average Bonchev–Trinajstić information content (AvgIpc) is 2.99. The van der Waals surface area contributed by atoms with Gasteiger partial charge >= 0.3 is 0 Å². The van der Waals surface area contributed by atoms with Crippen LogP contribution in [0.4, 0.5) is 0 Å². The fraction of sp³-hybridized carbons (Fsp3) is 0.278. The number of aryl methyl sites for hydroxylation is 1. The predicted octanol–water partition coefficient (Wildman–Crippen LogP) is 4.67. The van der Waals surface area contributed by atoms with Gasteiger partial charge in [-0.15, -0.1) is 0 Å². The average molecular weight is 370 g/mol. The molecule has 0 saturated heterocycles. The SMILES string of the molecule is Cc1ccc(-c2nc(C3(c4ccc(Br)cc4)CCC3)no2)cn1. The van der Waals surface area contributed by atoms with Crippen molar-refractivity contribution in [3.63, 3.8) is 0 Å². The highest BCUT2D eigenvalue weighted by Crippen LogP contribution is 2.48. The van der Waals surface area contributed by atoms with Gasteiger partial charge in [-0.1, -0.05) is 39.6 Å². The van der Waals surface area contributed by atoms with Gasteiger partial charge < -0.3 is 4.52 Å². The molecular weight excluding hydrogens is 354 g/mol. The molecule has 0 radical (unpaired) electrons. The van der Waals surface area contributed by atoms with Gasteiger partial charge in [0.1, 0.15) is 0 Å². The predicted molar refractivity (Wildman–Crippen MR) is 91.0 cm³/mol. The summed E-state index contributed by atoms with van der Waals surface area (Å²) in [4.78, 5) is 8.97. The van der Waals surface area contributed by atoms with Crippen molar-refractivity contribution in [1.29, 1.82) is 0 Å². The molecule has 0 aliphatic heterocycles. The Balaban J connectivity index is 1.72. The molecule has 1 saturated carbocycles. The molecule has 0 spiro atoms. The first-order valence-corrected chi connectivity index (χ1v) is 8.50. The number of rotatable bonds is 3. The van der Waals surface area contributed by atoms with E-state index in [1.807, 2.05) is 19.1 Å². The van der Waals surface area contributed by atoms with Crippen LogP contribution < -0.4 is 0 Å². The van der Waals surface area contributed by atoms with Crippen molar-refractivity contribution in [1.82, 2.24) is 15.1 Å². The molecule has 4 rings (SSSR count). The summed E-state index contributed by atoms with van der Waals surface area (Å²) in [6.45, 7) is 1.96. The first-order valence-electron chi connectivity index (χ1n) is 7.71. The minimum atomic E-state index is -0.111. The van der Waals surface area contributed by atoms with Crippen molar-refractivity contribution in [2.24, 2.45) is 0 Å². The van der Waals surface area contributed by atoms with Crippen LogP contribution in [0.25, 0.3) is 11.5 Å². The molecule has 2 aromatic heterocycles. The molecular formula is C18H16BrN3O. The monoisotopic (exact) mass is 369 g/mol. The van der Waals surface area contributed by atoms with Crippen LogP contribution in [0.5, 0.6) is 0 Å². The molecule has 0 bridgehead atoms. The molecule has 3 aromatic rings. The standard InChI is InChI=1S/C18H16BrN3O/c1-12-3-4-13(11-20-12)16-21-17(22-23-16)18(9-2-10-18)14-5-7-15(19)8-6-14/h3-8,11H,2,9-10H2,1H3.